The largest absolute Gasteiger partial charge is 0.479 e. The SMILES string of the molecule is Cc1ccc(-c2c([C@H](OC(C)(C)C)C(=O)O)c(C)c3c4c2cc(C)n4CCN3CCOCC(F)F)cc1. The zero-order valence-corrected chi connectivity index (χ0v) is 22.4. The Bertz CT molecular complexity index is 1290. The monoisotopic (exact) mass is 514 g/mol. The Morgan fingerprint density at radius 3 is 2.38 bits per heavy atom. The number of aliphatic carboxylic acids is 1. The highest BCUT2D eigenvalue weighted by Gasteiger charge is 2.35. The number of anilines is 1. The minimum absolute atomic E-state index is 0.154. The van der Waals surface area contributed by atoms with Crippen molar-refractivity contribution in [1.82, 2.24) is 4.57 Å². The molecule has 0 bridgehead atoms. The summed E-state index contributed by atoms with van der Waals surface area (Å²) < 4.78 is 38.9. The van der Waals surface area contributed by atoms with Crippen LogP contribution in [0.15, 0.2) is 30.3 Å². The van der Waals surface area contributed by atoms with Crippen LogP contribution in [-0.4, -0.2) is 54.0 Å². The molecule has 3 aromatic rings. The first-order chi connectivity index (χ1) is 17.4. The molecule has 37 heavy (non-hydrogen) atoms. The van der Waals surface area contributed by atoms with E-state index in [0.717, 1.165) is 51.1 Å². The molecule has 0 amide bonds. The van der Waals surface area contributed by atoms with E-state index in [4.69, 9.17) is 9.47 Å². The fourth-order valence-electron chi connectivity index (χ4n) is 5.28. The summed E-state index contributed by atoms with van der Waals surface area (Å²) in [6.45, 7) is 12.9. The lowest BCUT2D eigenvalue weighted by atomic mass is 9.87. The molecule has 8 heteroatoms. The molecule has 1 aliphatic heterocycles. The van der Waals surface area contributed by atoms with Crippen LogP contribution in [0.2, 0.25) is 0 Å². The van der Waals surface area contributed by atoms with E-state index in [2.05, 4.69) is 22.5 Å². The van der Waals surface area contributed by atoms with Gasteiger partial charge in [-0.15, -0.1) is 0 Å². The summed E-state index contributed by atoms with van der Waals surface area (Å²) in [6, 6.07) is 10.2. The molecule has 0 fully saturated rings. The molecule has 6 nitrogen and oxygen atoms in total. The van der Waals surface area contributed by atoms with E-state index in [-0.39, 0.29) is 6.61 Å². The van der Waals surface area contributed by atoms with Gasteiger partial charge in [-0.2, -0.15) is 0 Å². The van der Waals surface area contributed by atoms with Gasteiger partial charge >= 0.3 is 5.97 Å². The summed E-state index contributed by atoms with van der Waals surface area (Å²) in [4.78, 5) is 14.8. The van der Waals surface area contributed by atoms with Crippen LogP contribution in [0.3, 0.4) is 0 Å². The van der Waals surface area contributed by atoms with Crippen LogP contribution in [0.25, 0.3) is 22.0 Å². The Balaban J connectivity index is 1.99. The number of benzene rings is 2. The number of carbonyl (C=O) groups is 1. The van der Waals surface area contributed by atoms with Gasteiger partial charge in [0.15, 0.2) is 6.10 Å². The summed E-state index contributed by atoms with van der Waals surface area (Å²) >= 11 is 0. The highest BCUT2D eigenvalue weighted by molar-refractivity contribution is 6.07. The van der Waals surface area contributed by atoms with Gasteiger partial charge in [-0.05, 0) is 64.3 Å². The summed E-state index contributed by atoms with van der Waals surface area (Å²) in [5.74, 6) is -1.06. The fourth-order valence-corrected chi connectivity index (χ4v) is 5.28. The minimum atomic E-state index is -2.51. The molecule has 0 unspecified atom stereocenters. The van der Waals surface area contributed by atoms with Gasteiger partial charge in [0, 0.05) is 36.3 Å². The summed E-state index contributed by atoms with van der Waals surface area (Å²) in [5.41, 5.74) is 6.63. The van der Waals surface area contributed by atoms with Gasteiger partial charge < -0.3 is 24.0 Å². The van der Waals surface area contributed by atoms with Crippen LogP contribution in [0, 0.1) is 20.8 Å². The molecule has 0 spiro atoms. The van der Waals surface area contributed by atoms with Gasteiger partial charge in [0.1, 0.15) is 6.61 Å². The Labute approximate surface area is 216 Å². The fraction of sp³-hybridized carbons (Fsp3) is 0.483. The van der Waals surface area contributed by atoms with E-state index in [0.29, 0.717) is 18.7 Å². The van der Waals surface area contributed by atoms with Crippen LogP contribution in [0.5, 0.6) is 0 Å². The Morgan fingerprint density at radius 1 is 1.11 bits per heavy atom. The van der Waals surface area contributed by atoms with Crippen molar-refractivity contribution in [3.63, 3.8) is 0 Å². The van der Waals surface area contributed by atoms with E-state index in [1.165, 1.54) is 0 Å². The number of hydrogen-bond acceptors (Lipinski definition) is 4. The number of aromatic nitrogens is 1. The topological polar surface area (TPSA) is 63.9 Å². The average Bonchev–Trinajstić information content (AvgIpc) is 3.14. The molecule has 200 valence electrons. The second-order valence-electron chi connectivity index (χ2n) is 10.7. The summed E-state index contributed by atoms with van der Waals surface area (Å²) in [7, 11) is 0. The van der Waals surface area contributed by atoms with Gasteiger partial charge in [0.2, 0.25) is 0 Å². The predicted molar refractivity (Wildman–Crippen MR) is 142 cm³/mol. The Morgan fingerprint density at radius 2 is 1.78 bits per heavy atom. The number of carboxylic acid groups (broad SMARTS) is 1. The maximum absolute atomic E-state index is 12.7. The molecular formula is C29H36F2N2O4. The molecule has 2 heterocycles. The molecule has 0 radical (unpaired) electrons. The van der Waals surface area contributed by atoms with E-state index in [9.17, 15) is 18.7 Å². The van der Waals surface area contributed by atoms with Gasteiger partial charge in [-0.3, -0.25) is 0 Å². The second-order valence-corrected chi connectivity index (χ2v) is 10.7. The van der Waals surface area contributed by atoms with Crippen molar-refractivity contribution in [2.24, 2.45) is 0 Å². The molecular weight excluding hydrogens is 478 g/mol. The number of halogens is 2. The number of nitrogens with zero attached hydrogens (tertiary/aromatic N) is 2. The van der Waals surface area contributed by atoms with Gasteiger partial charge in [-0.1, -0.05) is 29.8 Å². The Hall–Kier alpha value is -2.97. The zero-order chi connectivity index (χ0) is 27.1. The number of carboxylic acids is 1. The van der Waals surface area contributed by atoms with Crippen LogP contribution < -0.4 is 4.90 Å². The number of rotatable bonds is 9. The standard InChI is InChI=1S/C29H36F2N2O4/c1-17-7-9-20(10-8-17)24-21-15-18(2)33-12-11-32(13-14-36-16-22(30)31)25(26(21)33)19(3)23(24)27(28(34)35)37-29(4,5)6/h7-10,15,22,27H,11-14,16H2,1-6H3,(H,34,35)/t27-/m0/s1. The highest BCUT2D eigenvalue weighted by Crippen LogP contribution is 2.47. The quantitative estimate of drug-likeness (QED) is 0.341. The zero-order valence-electron chi connectivity index (χ0n) is 22.4. The maximum atomic E-state index is 12.7. The third-order valence-corrected chi connectivity index (χ3v) is 6.78. The van der Waals surface area contributed by atoms with Crippen LogP contribution >= 0.6 is 0 Å². The van der Waals surface area contributed by atoms with Crippen molar-refractivity contribution < 1.29 is 28.2 Å². The van der Waals surface area contributed by atoms with Crippen molar-refractivity contribution in [1.29, 1.82) is 0 Å². The van der Waals surface area contributed by atoms with Crippen LogP contribution in [0.1, 0.15) is 49.3 Å². The van der Waals surface area contributed by atoms with Gasteiger partial charge in [0.05, 0.1) is 23.4 Å². The molecule has 1 atom stereocenters. The molecule has 0 saturated carbocycles. The van der Waals surface area contributed by atoms with E-state index in [1.807, 2.05) is 58.9 Å². The normalized spacial score (nSPS) is 14.6. The Kier molecular flexibility index (Phi) is 7.62. The van der Waals surface area contributed by atoms with E-state index >= 15 is 0 Å². The number of alkyl halides is 2. The van der Waals surface area contributed by atoms with Crippen LogP contribution in [-0.2, 0) is 20.8 Å². The molecule has 1 aromatic heterocycles. The lowest BCUT2D eigenvalue weighted by Crippen LogP contribution is -2.36. The van der Waals surface area contributed by atoms with Crippen LogP contribution in [0.4, 0.5) is 14.5 Å². The summed E-state index contributed by atoms with van der Waals surface area (Å²) in [6.07, 6.45) is -3.71. The smallest absolute Gasteiger partial charge is 0.337 e. The average molecular weight is 515 g/mol. The third kappa shape index (κ3) is 5.50. The van der Waals surface area contributed by atoms with E-state index < -0.39 is 30.7 Å². The van der Waals surface area contributed by atoms with Crippen molar-refractivity contribution in [2.75, 3.05) is 31.2 Å². The molecule has 0 saturated heterocycles. The van der Waals surface area contributed by atoms with E-state index in [1.54, 1.807) is 0 Å². The molecule has 1 N–H and O–H groups in total. The maximum Gasteiger partial charge on any atom is 0.337 e. The van der Waals surface area contributed by atoms with Gasteiger partial charge in [-0.25, -0.2) is 13.6 Å². The molecule has 1 aliphatic rings. The summed E-state index contributed by atoms with van der Waals surface area (Å²) in [5, 5.41) is 11.4. The van der Waals surface area contributed by atoms with Crippen molar-refractivity contribution in [3.8, 4) is 11.1 Å². The first-order valence-electron chi connectivity index (χ1n) is 12.6. The van der Waals surface area contributed by atoms with Gasteiger partial charge in [0.25, 0.3) is 6.43 Å². The number of hydrogen-bond donors (Lipinski definition) is 1. The molecule has 0 aliphatic carbocycles. The number of ether oxygens (including phenoxy) is 2. The van der Waals surface area contributed by atoms with Crippen molar-refractivity contribution in [2.45, 2.75) is 66.2 Å². The number of aryl methyl sites for hydroxylation is 2. The first-order valence-corrected chi connectivity index (χ1v) is 12.6. The molecule has 2 aromatic carbocycles. The first kappa shape index (κ1) is 27.1. The molecule has 4 rings (SSSR count). The van der Waals surface area contributed by atoms with Crippen molar-refractivity contribution >= 4 is 22.6 Å². The minimum Gasteiger partial charge on any atom is -0.479 e. The lowest BCUT2D eigenvalue weighted by molar-refractivity contribution is -0.160. The second kappa shape index (κ2) is 10.4. The lowest BCUT2D eigenvalue weighted by Gasteiger charge is -2.36. The predicted octanol–water partition coefficient (Wildman–Crippen LogP) is 6.28. The van der Waals surface area contributed by atoms with Crippen molar-refractivity contribution in [3.05, 3.63) is 52.7 Å². The third-order valence-electron chi connectivity index (χ3n) is 6.78. The highest BCUT2D eigenvalue weighted by atomic mass is 19.3.